The number of aliphatic hydroxyl groups excluding tert-OH is 1. The fourth-order valence-electron chi connectivity index (χ4n) is 1.55. The summed E-state index contributed by atoms with van der Waals surface area (Å²) < 4.78 is 0. The van der Waals surface area contributed by atoms with Gasteiger partial charge in [-0.2, -0.15) is 0 Å². The Hall–Kier alpha value is -1.75. The van der Waals surface area contributed by atoms with Gasteiger partial charge < -0.3 is 10.4 Å². The molecule has 0 amide bonds. The summed E-state index contributed by atoms with van der Waals surface area (Å²) >= 11 is 0. The van der Waals surface area contributed by atoms with Crippen molar-refractivity contribution in [2.45, 2.75) is 20.0 Å². The monoisotopic (exact) mass is 237 g/mol. The van der Waals surface area contributed by atoms with Gasteiger partial charge in [-0.25, -0.2) is 0 Å². The average Bonchev–Trinajstić information content (AvgIpc) is 2.25. The SMILES string of the molecule is Cc1ccc(NC[C@H](O)C[NH+]=C(N)N)c(C)c1. The minimum Gasteiger partial charge on any atom is -0.388 e. The summed E-state index contributed by atoms with van der Waals surface area (Å²) in [6.45, 7) is 4.87. The van der Waals surface area contributed by atoms with E-state index in [4.69, 9.17) is 11.5 Å². The Morgan fingerprint density at radius 1 is 1.41 bits per heavy atom. The van der Waals surface area contributed by atoms with Gasteiger partial charge in [0.05, 0.1) is 6.54 Å². The van der Waals surface area contributed by atoms with E-state index < -0.39 is 6.10 Å². The number of hydrogen-bond donors (Lipinski definition) is 5. The van der Waals surface area contributed by atoms with Crippen molar-refractivity contribution in [2.24, 2.45) is 11.5 Å². The van der Waals surface area contributed by atoms with E-state index in [-0.39, 0.29) is 5.96 Å². The molecule has 0 aliphatic carbocycles. The first-order valence-electron chi connectivity index (χ1n) is 5.60. The van der Waals surface area contributed by atoms with Crippen LogP contribution in [0.1, 0.15) is 11.1 Å². The minimum absolute atomic E-state index is 0.121. The highest BCUT2D eigenvalue weighted by atomic mass is 16.3. The number of hydrogen-bond acceptors (Lipinski definition) is 2. The maximum Gasteiger partial charge on any atom is 0.338 e. The molecule has 1 aromatic carbocycles. The van der Waals surface area contributed by atoms with E-state index in [2.05, 4.69) is 23.3 Å². The third-order valence-electron chi connectivity index (χ3n) is 2.45. The molecule has 0 saturated carbocycles. The Balaban J connectivity index is 2.47. The molecule has 1 aromatic rings. The zero-order valence-electron chi connectivity index (χ0n) is 10.3. The van der Waals surface area contributed by atoms with Crippen LogP contribution in [0.15, 0.2) is 18.2 Å². The minimum atomic E-state index is -0.544. The number of anilines is 1. The quantitative estimate of drug-likeness (QED) is 0.316. The summed E-state index contributed by atoms with van der Waals surface area (Å²) in [5, 5.41) is 12.8. The first kappa shape index (κ1) is 13.3. The maximum absolute atomic E-state index is 9.66. The largest absolute Gasteiger partial charge is 0.388 e. The highest BCUT2D eigenvalue weighted by Gasteiger charge is 2.05. The van der Waals surface area contributed by atoms with Crippen LogP contribution in [0.5, 0.6) is 0 Å². The Bertz CT molecular complexity index is 399. The van der Waals surface area contributed by atoms with Crippen LogP contribution in [0.3, 0.4) is 0 Å². The van der Waals surface area contributed by atoms with Crippen molar-refractivity contribution in [1.82, 2.24) is 0 Å². The summed E-state index contributed by atoms with van der Waals surface area (Å²) in [5.41, 5.74) is 13.9. The molecule has 7 N–H and O–H groups in total. The number of nitrogens with one attached hydrogen (secondary N) is 2. The van der Waals surface area contributed by atoms with E-state index in [9.17, 15) is 5.11 Å². The number of benzene rings is 1. The first-order valence-corrected chi connectivity index (χ1v) is 5.60. The number of guanidine groups is 1. The number of rotatable bonds is 5. The molecule has 0 aliphatic rings. The lowest BCUT2D eigenvalue weighted by molar-refractivity contribution is -0.470. The van der Waals surface area contributed by atoms with Crippen LogP contribution in [0, 0.1) is 13.8 Å². The molecular weight excluding hydrogens is 216 g/mol. The van der Waals surface area contributed by atoms with Gasteiger partial charge in [0.25, 0.3) is 0 Å². The zero-order valence-corrected chi connectivity index (χ0v) is 10.3. The first-order chi connectivity index (χ1) is 7.99. The molecule has 0 unspecified atom stereocenters. The van der Waals surface area contributed by atoms with Crippen LogP contribution >= 0.6 is 0 Å². The predicted molar refractivity (Wildman–Crippen MR) is 69.6 cm³/mol. The van der Waals surface area contributed by atoms with E-state index >= 15 is 0 Å². The van der Waals surface area contributed by atoms with Crippen molar-refractivity contribution >= 4 is 11.6 Å². The fourth-order valence-corrected chi connectivity index (χ4v) is 1.55. The summed E-state index contributed by atoms with van der Waals surface area (Å²) in [7, 11) is 0. The van der Waals surface area contributed by atoms with Gasteiger partial charge in [0.1, 0.15) is 6.10 Å². The Labute approximate surface area is 102 Å². The Kier molecular flexibility index (Phi) is 4.78. The van der Waals surface area contributed by atoms with Crippen LogP contribution in [-0.2, 0) is 0 Å². The molecule has 0 heterocycles. The molecule has 0 aromatic heterocycles. The van der Waals surface area contributed by atoms with E-state index in [0.717, 1.165) is 11.3 Å². The number of nitrogens with two attached hydrogens (primary N) is 2. The molecule has 5 heteroatoms. The van der Waals surface area contributed by atoms with Crippen molar-refractivity contribution in [3.63, 3.8) is 0 Å². The van der Waals surface area contributed by atoms with Gasteiger partial charge in [-0.15, -0.1) is 0 Å². The van der Waals surface area contributed by atoms with Gasteiger partial charge in [0, 0.05) is 12.2 Å². The zero-order chi connectivity index (χ0) is 12.8. The topological polar surface area (TPSA) is 98.3 Å². The lowest BCUT2D eigenvalue weighted by Gasteiger charge is -2.12. The molecule has 1 atom stereocenters. The van der Waals surface area contributed by atoms with E-state index in [1.165, 1.54) is 5.56 Å². The van der Waals surface area contributed by atoms with Crippen molar-refractivity contribution in [3.05, 3.63) is 29.3 Å². The van der Waals surface area contributed by atoms with Gasteiger partial charge in [-0.1, -0.05) is 17.7 Å². The smallest absolute Gasteiger partial charge is 0.338 e. The number of aryl methyl sites for hydroxylation is 2. The highest BCUT2D eigenvalue weighted by Crippen LogP contribution is 2.15. The standard InChI is InChI=1S/C12H20N4O/c1-8-3-4-11(9(2)5-8)15-6-10(17)7-16-12(13)14/h3-5,10,15,17H,6-7H2,1-2H3,(H4,13,14,16)/p+1/t10-/m0/s1. The van der Waals surface area contributed by atoms with Crippen LogP contribution in [0.4, 0.5) is 5.69 Å². The average molecular weight is 237 g/mol. The second-order valence-electron chi connectivity index (χ2n) is 4.19. The van der Waals surface area contributed by atoms with E-state index in [1.807, 2.05) is 19.1 Å². The summed E-state index contributed by atoms with van der Waals surface area (Å²) in [6.07, 6.45) is -0.544. The summed E-state index contributed by atoms with van der Waals surface area (Å²) in [6, 6.07) is 6.14. The fraction of sp³-hybridized carbons (Fsp3) is 0.417. The third kappa shape index (κ3) is 4.74. The lowest BCUT2D eigenvalue weighted by Crippen LogP contribution is -2.80. The van der Waals surface area contributed by atoms with E-state index in [1.54, 1.807) is 0 Å². The van der Waals surface area contributed by atoms with Gasteiger partial charge in [0.2, 0.25) is 0 Å². The van der Waals surface area contributed by atoms with E-state index in [0.29, 0.717) is 13.1 Å². The molecule has 0 bridgehead atoms. The van der Waals surface area contributed by atoms with Crippen LogP contribution in [0.25, 0.3) is 0 Å². The molecule has 5 nitrogen and oxygen atoms in total. The second kappa shape index (κ2) is 6.10. The van der Waals surface area contributed by atoms with Crippen LogP contribution in [0.2, 0.25) is 0 Å². The maximum atomic E-state index is 9.66. The second-order valence-corrected chi connectivity index (χ2v) is 4.19. The summed E-state index contributed by atoms with van der Waals surface area (Å²) in [4.78, 5) is 2.69. The van der Waals surface area contributed by atoms with Gasteiger partial charge in [-0.3, -0.25) is 16.5 Å². The van der Waals surface area contributed by atoms with Crippen molar-refractivity contribution in [2.75, 3.05) is 18.4 Å². The molecule has 17 heavy (non-hydrogen) atoms. The molecule has 94 valence electrons. The molecular formula is C12H21N4O+. The van der Waals surface area contributed by atoms with Crippen LogP contribution in [-0.4, -0.2) is 30.3 Å². The van der Waals surface area contributed by atoms with Gasteiger partial charge in [-0.05, 0) is 25.5 Å². The number of aliphatic hydroxyl groups is 1. The van der Waals surface area contributed by atoms with Crippen molar-refractivity contribution in [3.8, 4) is 0 Å². The van der Waals surface area contributed by atoms with Crippen molar-refractivity contribution < 1.29 is 10.1 Å². The molecule has 0 radical (unpaired) electrons. The molecule has 0 saturated heterocycles. The Morgan fingerprint density at radius 2 is 2.12 bits per heavy atom. The molecule has 0 fully saturated rings. The third-order valence-corrected chi connectivity index (χ3v) is 2.45. The van der Waals surface area contributed by atoms with Crippen molar-refractivity contribution in [1.29, 1.82) is 0 Å². The van der Waals surface area contributed by atoms with Gasteiger partial charge >= 0.3 is 5.96 Å². The molecule has 0 spiro atoms. The summed E-state index contributed by atoms with van der Waals surface area (Å²) in [5.74, 6) is 0.121. The van der Waals surface area contributed by atoms with Crippen LogP contribution < -0.4 is 21.8 Å². The predicted octanol–water partition coefficient (Wildman–Crippen LogP) is -1.57. The normalized spacial score (nSPS) is 11.9. The Morgan fingerprint density at radius 3 is 2.71 bits per heavy atom. The molecule has 0 aliphatic heterocycles. The van der Waals surface area contributed by atoms with Gasteiger partial charge in [0.15, 0.2) is 0 Å². The highest BCUT2D eigenvalue weighted by molar-refractivity contribution is 5.69. The molecule has 1 rings (SSSR count). The lowest BCUT2D eigenvalue weighted by atomic mass is 10.1.